The zero-order valence-electron chi connectivity index (χ0n) is 14.1. The standard InChI is InChI=1S/C18H16IP.3CO.Co/c19-20(16-10-4-1-5-11-16,17-12-6-2-7-13-17)18-14-8-3-9-15-18;3*1-2;/h1-15,20H;;;;. The molecule has 3 aromatic rings. The predicted molar refractivity (Wildman–Crippen MR) is 118 cm³/mol. The van der Waals surface area contributed by atoms with Gasteiger partial charge in [0.05, 0.1) is 0 Å². The van der Waals surface area contributed by atoms with Crippen molar-refractivity contribution in [3.8, 4) is 0 Å². The molecule has 0 atom stereocenters. The molecule has 27 heavy (non-hydrogen) atoms. The minimum atomic E-state index is -1.91. The quantitative estimate of drug-likeness (QED) is 0.385. The van der Waals surface area contributed by atoms with Crippen LogP contribution < -0.4 is 15.9 Å². The van der Waals surface area contributed by atoms with E-state index in [0.29, 0.717) is 0 Å². The summed E-state index contributed by atoms with van der Waals surface area (Å²) in [6.45, 7) is 13.5. The van der Waals surface area contributed by atoms with E-state index in [1.165, 1.54) is 15.9 Å². The van der Waals surface area contributed by atoms with Gasteiger partial charge in [-0.3, -0.25) is 14.4 Å². The summed E-state index contributed by atoms with van der Waals surface area (Å²) in [5.74, 6) is 0. The van der Waals surface area contributed by atoms with E-state index >= 15 is 0 Å². The van der Waals surface area contributed by atoms with Crippen LogP contribution >= 0.6 is 26.9 Å². The van der Waals surface area contributed by atoms with E-state index in [-0.39, 0.29) is 16.8 Å². The van der Waals surface area contributed by atoms with Crippen molar-refractivity contribution in [1.29, 1.82) is 0 Å². The van der Waals surface area contributed by atoms with Crippen LogP contribution in [0.3, 0.4) is 0 Å². The van der Waals surface area contributed by atoms with E-state index in [2.05, 4.69) is 133 Å². The van der Waals surface area contributed by atoms with Crippen molar-refractivity contribution in [2.45, 2.75) is 0 Å². The Labute approximate surface area is 184 Å². The van der Waals surface area contributed by atoms with Crippen LogP contribution in [0.4, 0.5) is 0 Å². The molecule has 0 aromatic heterocycles. The summed E-state index contributed by atoms with van der Waals surface area (Å²) in [5, 5.41) is 4.33. The average Bonchev–Trinajstić information content (AvgIpc) is 2.79. The van der Waals surface area contributed by atoms with Crippen molar-refractivity contribution in [1.82, 2.24) is 0 Å². The molecule has 0 saturated heterocycles. The van der Waals surface area contributed by atoms with Crippen LogP contribution in [-0.4, -0.2) is 20.4 Å². The molecule has 3 rings (SSSR count). The number of carbonyl (C=O) groups excluding carboxylic acids is 3. The van der Waals surface area contributed by atoms with Gasteiger partial charge in [-0.15, -0.1) is 0 Å². The summed E-state index contributed by atoms with van der Waals surface area (Å²) in [7, 11) is 0. The smallest absolute Gasteiger partial charge is 0.281 e. The molecular formula is C21H16CoIO3P. The van der Waals surface area contributed by atoms with E-state index in [1.54, 1.807) is 0 Å². The van der Waals surface area contributed by atoms with Gasteiger partial charge in [0.25, 0.3) is 20.4 Å². The van der Waals surface area contributed by atoms with Crippen molar-refractivity contribution in [2.24, 2.45) is 0 Å². The van der Waals surface area contributed by atoms with Gasteiger partial charge in [0.1, 0.15) is 0 Å². The molecule has 139 valence electrons. The summed E-state index contributed by atoms with van der Waals surface area (Å²) in [5.41, 5.74) is 0. The molecule has 0 fully saturated rings. The fraction of sp³-hybridized carbons (Fsp3) is 0. The molecule has 7 radical (unpaired) electrons. The van der Waals surface area contributed by atoms with Crippen LogP contribution in [0.25, 0.3) is 0 Å². The molecule has 6 heteroatoms. The molecule has 0 unspecified atom stereocenters. The third-order valence-electron chi connectivity index (χ3n) is 3.51. The number of hydrogen-bond acceptors (Lipinski definition) is 3. The first-order valence-electron chi connectivity index (χ1n) is 7.28. The Morgan fingerprint density at radius 3 is 0.852 bits per heavy atom. The summed E-state index contributed by atoms with van der Waals surface area (Å²) in [6, 6.07) is 32.7. The monoisotopic (exact) mass is 533 g/mol. The van der Waals surface area contributed by atoms with Gasteiger partial charge in [0.15, 0.2) is 0 Å². The Kier molecular flexibility index (Phi) is 16.8. The van der Waals surface area contributed by atoms with E-state index in [4.69, 9.17) is 14.4 Å². The van der Waals surface area contributed by atoms with E-state index < -0.39 is 4.90 Å². The molecule has 3 aromatic carbocycles. The van der Waals surface area contributed by atoms with Crippen molar-refractivity contribution < 1.29 is 31.2 Å². The van der Waals surface area contributed by atoms with Gasteiger partial charge in [0.2, 0.25) is 0 Å². The van der Waals surface area contributed by atoms with Crippen molar-refractivity contribution in [2.75, 3.05) is 0 Å². The Morgan fingerprint density at radius 2 is 0.667 bits per heavy atom. The molecule has 0 aliphatic rings. The van der Waals surface area contributed by atoms with Crippen LogP contribution in [0, 0.1) is 0 Å². The maximum atomic E-state index is 7.50. The van der Waals surface area contributed by atoms with E-state index in [0.717, 1.165) is 0 Å². The van der Waals surface area contributed by atoms with Crippen LogP contribution in [0.2, 0.25) is 0 Å². The second kappa shape index (κ2) is 16.5. The molecule has 0 aliphatic carbocycles. The largest absolute Gasteiger partial charge is 0.281 e. The normalized spacial score (nSPS) is 9.37. The Hall–Kier alpha value is -1.66. The van der Waals surface area contributed by atoms with E-state index in [1.807, 2.05) is 0 Å². The zero-order valence-corrected chi connectivity index (χ0v) is 18.3. The molecule has 0 saturated carbocycles. The first-order chi connectivity index (χ1) is 12.8. The molecule has 0 aliphatic heterocycles. The van der Waals surface area contributed by atoms with Crippen LogP contribution in [0.1, 0.15) is 0 Å². The van der Waals surface area contributed by atoms with Crippen molar-refractivity contribution >= 4 is 63.2 Å². The van der Waals surface area contributed by atoms with Crippen LogP contribution in [-0.2, 0) is 31.2 Å². The van der Waals surface area contributed by atoms with Crippen LogP contribution in [0.15, 0.2) is 91.0 Å². The molecule has 0 N–H and O–H groups in total. The molecule has 0 amide bonds. The first kappa shape index (κ1) is 27.6. The third kappa shape index (κ3) is 7.46. The second-order valence-corrected chi connectivity index (χ2v) is 12.7. The summed E-state index contributed by atoms with van der Waals surface area (Å²) in [6.07, 6.45) is 0. The Bertz CT molecular complexity index is 629. The van der Waals surface area contributed by atoms with Crippen molar-refractivity contribution in [3.63, 3.8) is 0 Å². The third-order valence-corrected chi connectivity index (χ3v) is 12.5. The first-order valence-corrected chi connectivity index (χ1v) is 12.4. The van der Waals surface area contributed by atoms with Crippen molar-refractivity contribution in [3.05, 3.63) is 91.0 Å². The molecular weight excluding hydrogens is 517 g/mol. The number of rotatable bonds is 3. The van der Waals surface area contributed by atoms with Gasteiger partial charge in [0, 0.05) is 16.8 Å². The number of hydrogen-bond donors (Lipinski definition) is 0. The minimum Gasteiger partial charge on any atom is -0.281 e. The molecule has 0 heterocycles. The minimum absolute atomic E-state index is 0. The Morgan fingerprint density at radius 1 is 0.481 bits per heavy atom. The van der Waals surface area contributed by atoms with Gasteiger partial charge in [-0.25, -0.2) is 0 Å². The van der Waals surface area contributed by atoms with Gasteiger partial charge in [-0.05, 0) is 0 Å². The Balaban J connectivity index is 0. The number of halogens is 1. The van der Waals surface area contributed by atoms with E-state index in [9.17, 15) is 0 Å². The molecule has 0 spiro atoms. The van der Waals surface area contributed by atoms with Gasteiger partial charge >= 0.3 is 134 Å². The zero-order chi connectivity index (χ0) is 19.8. The fourth-order valence-corrected chi connectivity index (χ4v) is 8.70. The molecule has 0 bridgehead atoms. The fourth-order valence-electron chi connectivity index (χ4n) is 2.50. The van der Waals surface area contributed by atoms with Gasteiger partial charge in [-0.2, -0.15) is 0 Å². The maximum Gasteiger partial charge on any atom is 0.281 e. The molecule has 3 nitrogen and oxygen atoms in total. The topological polar surface area (TPSA) is 51.2 Å². The summed E-state index contributed by atoms with van der Waals surface area (Å²) < 4.78 is 0. The maximum absolute atomic E-state index is 7.50. The SMILES string of the molecule is I[PH](c1ccccc1)(c1ccccc1)c1ccccc1.[C]=O.[C]=O.[C]=O.[Co]. The van der Waals surface area contributed by atoms with Crippen LogP contribution in [0.5, 0.6) is 0 Å². The summed E-state index contributed by atoms with van der Waals surface area (Å²) in [4.78, 5) is 20.6. The second-order valence-electron chi connectivity index (χ2n) is 4.76. The van der Waals surface area contributed by atoms with Gasteiger partial charge < -0.3 is 0 Å². The average molecular weight is 533 g/mol. The van der Waals surface area contributed by atoms with Gasteiger partial charge in [-0.1, -0.05) is 0 Å². The number of benzene rings is 3. The predicted octanol–water partition coefficient (Wildman–Crippen LogP) is 2.87. The summed E-state index contributed by atoms with van der Waals surface area (Å²) >= 11 is 2.71.